The molecule has 7 rings (SSSR count). The molecule has 4 bridgehead atoms. The van der Waals surface area contributed by atoms with Crippen LogP contribution in [-0.2, 0) is 5.41 Å². The normalized spacial score (nSPS) is 34.5. The van der Waals surface area contributed by atoms with Crippen LogP contribution in [0.2, 0.25) is 0 Å². The summed E-state index contributed by atoms with van der Waals surface area (Å²) in [5, 5.41) is 22.2. The van der Waals surface area contributed by atoms with Gasteiger partial charge in [-0.05, 0) is 69.3 Å². The summed E-state index contributed by atoms with van der Waals surface area (Å²) in [6.45, 7) is 2.01. The maximum absolute atomic E-state index is 4.84. The lowest BCUT2D eigenvalue weighted by atomic mass is 9.49. The van der Waals surface area contributed by atoms with Crippen molar-refractivity contribution in [2.75, 3.05) is 0 Å². The molecule has 6 nitrogen and oxygen atoms in total. The zero-order chi connectivity index (χ0) is 15.9. The number of rotatable bonds is 2. The summed E-state index contributed by atoms with van der Waals surface area (Å²) in [6.07, 6.45) is 8.18. The summed E-state index contributed by atoms with van der Waals surface area (Å²) in [7, 11) is 0. The Labute approximate surface area is 143 Å². The molecule has 0 aliphatic heterocycles. The van der Waals surface area contributed by atoms with E-state index in [9.17, 15) is 0 Å². The Morgan fingerprint density at radius 3 is 2.46 bits per heavy atom. The Morgan fingerprint density at radius 1 is 1.12 bits per heavy atom. The van der Waals surface area contributed by atoms with Gasteiger partial charge in [0.15, 0.2) is 10.8 Å². The third-order valence-electron chi connectivity index (χ3n) is 6.43. The van der Waals surface area contributed by atoms with Crippen LogP contribution in [0, 0.1) is 24.7 Å². The molecule has 24 heavy (non-hydrogen) atoms. The smallest absolute Gasteiger partial charge is 0.235 e. The second-order valence-corrected chi connectivity index (χ2v) is 9.22. The maximum atomic E-state index is 4.84. The monoisotopic (exact) mass is 340 g/mol. The molecule has 0 unspecified atom stereocenters. The van der Waals surface area contributed by atoms with Crippen LogP contribution in [0.1, 0.15) is 50.0 Å². The molecule has 7 heteroatoms. The molecular formula is C17H20N6S. The lowest BCUT2D eigenvalue weighted by Crippen LogP contribution is -2.49. The molecule has 124 valence electrons. The van der Waals surface area contributed by atoms with Crippen LogP contribution < -0.4 is 0 Å². The van der Waals surface area contributed by atoms with Gasteiger partial charge in [-0.25, -0.2) is 0 Å². The van der Waals surface area contributed by atoms with Gasteiger partial charge in [0.1, 0.15) is 5.69 Å². The molecule has 0 radical (unpaired) electrons. The molecule has 0 amide bonds. The van der Waals surface area contributed by atoms with E-state index in [1.54, 1.807) is 11.3 Å². The van der Waals surface area contributed by atoms with E-state index >= 15 is 0 Å². The fourth-order valence-corrected chi connectivity index (χ4v) is 6.76. The second-order valence-electron chi connectivity index (χ2n) is 8.26. The van der Waals surface area contributed by atoms with Crippen molar-refractivity contribution in [3.8, 4) is 10.7 Å². The average Bonchev–Trinajstić information content (AvgIpc) is 3.19. The lowest BCUT2D eigenvalue weighted by Gasteiger charge is -2.55. The molecule has 4 aliphatic rings. The molecule has 0 spiro atoms. The minimum atomic E-state index is 0.223. The topological polar surface area (TPSA) is 71.8 Å². The minimum Gasteiger partial charge on any atom is -0.282 e. The number of aryl methyl sites for hydroxylation is 1. The van der Waals surface area contributed by atoms with E-state index in [1.165, 1.54) is 38.5 Å². The summed E-state index contributed by atoms with van der Waals surface area (Å²) in [4.78, 5) is 0.899. The van der Waals surface area contributed by atoms with Gasteiger partial charge in [0.05, 0.1) is 0 Å². The van der Waals surface area contributed by atoms with E-state index in [0.29, 0.717) is 0 Å². The summed E-state index contributed by atoms with van der Waals surface area (Å²) in [5.74, 6) is 3.81. The van der Waals surface area contributed by atoms with E-state index in [2.05, 4.69) is 20.4 Å². The summed E-state index contributed by atoms with van der Waals surface area (Å²) >= 11 is 1.58. The zero-order valence-electron chi connectivity index (χ0n) is 13.7. The average molecular weight is 340 g/mol. The fourth-order valence-electron chi connectivity index (χ4n) is 5.96. The first-order valence-electron chi connectivity index (χ1n) is 8.94. The van der Waals surface area contributed by atoms with E-state index in [1.807, 2.05) is 17.5 Å². The predicted molar refractivity (Wildman–Crippen MR) is 90.8 cm³/mol. The molecule has 3 aromatic rings. The van der Waals surface area contributed by atoms with Gasteiger partial charge in [-0.2, -0.15) is 14.7 Å². The number of aromatic amines is 1. The second kappa shape index (κ2) is 4.45. The standard InChI is InChI=1S/C17H20N6S/c1-9-2-13(19-18-9)14-22-23-15(20-21-16(23)24-14)17-6-10-3-11(7-17)5-12(4-10)8-17/h2,10-12H,3-8H2,1H3,(H,18,19). The molecular weight excluding hydrogens is 320 g/mol. The third-order valence-corrected chi connectivity index (χ3v) is 7.35. The first-order chi connectivity index (χ1) is 11.7. The number of hydrogen-bond donors (Lipinski definition) is 1. The number of aromatic nitrogens is 6. The first kappa shape index (κ1) is 13.5. The number of fused-ring (bicyclic) bond motifs is 1. The molecule has 4 fully saturated rings. The number of nitrogens with one attached hydrogen (secondary N) is 1. The van der Waals surface area contributed by atoms with Gasteiger partial charge in [-0.1, -0.05) is 11.3 Å². The molecule has 0 saturated heterocycles. The Morgan fingerprint density at radius 2 is 1.83 bits per heavy atom. The van der Waals surface area contributed by atoms with Crippen LogP contribution in [0.3, 0.4) is 0 Å². The number of nitrogens with zero attached hydrogens (tertiary/aromatic N) is 5. The number of hydrogen-bond acceptors (Lipinski definition) is 5. The third kappa shape index (κ3) is 1.76. The Kier molecular flexibility index (Phi) is 2.50. The summed E-state index contributed by atoms with van der Waals surface area (Å²) in [6, 6.07) is 2.04. The van der Waals surface area contributed by atoms with Crippen molar-refractivity contribution in [3.05, 3.63) is 17.6 Å². The van der Waals surface area contributed by atoms with Gasteiger partial charge in [-0.3, -0.25) is 5.10 Å². The molecule has 0 atom stereocenters. The highest BCUT2D eigenvalue weighted by atomic mass is 32.1. The zero-order valence-corrected chi connectivity index (χ0v) is 14.5. The highest BCUT2D eigenvalue weighted by Gasteiger charge is 2.54. The van der Waals surface area contributed by atoms with Crippen LogP contribution in [0.4, 0.5) is 0 Å². The quantitative estimate of drug-likeness (QED) is 0.776. The number of H-pyrrole nitrogens is 1. The van der Waals surface area contributed by atoms with Crippen LogP contribution in [0.25, 0.3) is 15.7 Å². The van der Waals surface area contributed by atoms with Crippen LogP contribution in [0.5, 0.6) is 0 Å². The van der Waals surface area contributed by atoms with Gasteiger partial charge in [0, 0.05) is 11.1 Å². The SMILES string of the molecule is Cc1cc(-c2nn3c(C45CC6CC(CC(C6)C4)C5)nnc3s2)n[nH]1. The Hall–Kier alpha value is -1.76. The van der Waals surface area contributed by atoms with Crippen LogP contribution >= 0.6 is 11.3 Å². The van der Waals surface area contributed by atoms with Crippen LogP contribution in [-0.4, -0.2) is 30.0 Å². The molecule has 0 aromatic carbocycles. The minimum absolute atomic E-state index is 0.223. The van der Waals surface area contributed by atoms with Crippen molar-refractivity contribution in [1.82, 2.24) is 30.0 Å². The van der Waals surface area contributed by atoms with E-state index in [-0.39, 0.29) is 5.41 Å². The Balaban J connectivity index is 1.47. The molecule has 4 aliphatic carbocycles. The molecule has 3 heterocycles. The van der Waals surface area contributed by atoms with E-state index in [4.69, 9.17) is 5.10 Å². The molecule has 3 aromatic heterocycles. The fraction of sp³-hybridized carbons (Fsp3) is 0.647. The summed E-state index contributed by atoms with van der Waals surface area (Å²) in [5.41, 5.74) is 2.18. The van der Waals surface area contributed by atoms with Crippen LogP contribution in [0.15, 0.2) is 6.07 Å². The summed E-state index contributed by atoms with van der Waals surface area (Å²) < 4.78 is 2.02. The van der Waals surface area contributed by atoms with Gasteiger partial charge < -0.3 is 0 Å². The molecule has 4 saturated carbocycles. The highest BCUT2D eigenvalue weighted by Crippen LogP contribution is 2.60. The first-order valence-corrected chi connectivity index (χ1v) is 9.75. The van der Waals surface area contributed by atoms with Crippen molar-refractivity contribution in [2.45, 2.75) is 50.9 Å². The van der Waals surface area contributed by atoms with Crippen molar-refractivity contribution in [2.24, 2.45) is 17.8 Å². The lowest BCUT2D eigenvalue weighted by molar-refractivity contribution is -0.0103. The largest absolute Gasteiger partial charge is 0.282 e. The predicted octanol–water partition coefficient (Wildman–Crippen LogP) is 3.35. The Bertz CT molecular complexity index is 899. The van der Waals surface area contributed by atoms with Crippen molar-refractivity contribution in [3.63, 3.8) is 0 Å². The maximum Gasteiger partial charge on any atom is 0.235 e. The van der Waals surface area contributed by atoms with Crippen molar-refractivity contribution >= 4 is 16.3 Å². The van der Waals surface area contributed by atoms with Gasteiger partial charge in [0.2, 0.25) is 4.96 Å². The van der Waals surface area contributed by atoms with Gasteiger partial charge in [-0.15, -0.1) is 10.2 Å². The van der Waals surface area contributed by atoms with E-state index in [0.717, 1.165) is 44.9 Å². The molecule has 1 N–H and O–H groups in total. The van der Waals surface area contributed by atoms with Gasteiger partial charge in [0.25, 0.3) is 0 Å². The van der Waals surface area contributed by atoms with Crippen molar-refractivity contribution in [1.29, 1.82) is 0 Å². The van der Waals surface area contributed by atoms with Crippen molar-refractivity contribution < 1.29 is 0 Å². The van der Waals surface area contributed by atoms with Gasteiger partial charge >= 0.3 is 0 Å². The van der Waals surface area contributed by atoms with E-state index < -0.39 is 0 Å². The highest BCUT2D eigenvalue weighted by molar-refractivity contribution is 7.19.